The number of amides is 1. The summed E-state index contributed by atoms with van der Waals surface area (Å²) in [6.07, 6.45) is 3.35. The molecular weight excluding hydrogens is 264 g/mol. The first kappa shape index (κ1) is 15.8. The van der Waals surface area contributed by atoms with Crippen LogP contribution in [0.25, 0.3) is 0 Å². The first-order valence-corrected chi connectivity index (χ1v) is 7.80. The van der Waals surface area contributed by atoms with Crippen LogP contribution in [-0.2, 0) is 11.3 Å². The van der Waals surface area contributed by atoms with Crippen molar-refractivity contribution in [2.45, 2.75) is 45.7 Å². The third kappa shape index (κ3) is 4.74. The summed E-state index contributed by atoms with van der Waals surface area (Å²) in [6.45, 7) is 6.09. The minimum absolute atomic E-state index is 0.0607. The number of nitrogens with one attached hydrogen (secondary N) is 1. The summed E-state index contributed by atoms with van der Waals surface area (Å²) in [5.41, 5.74) is 2.32. The number of ether oxygens (including phenoxy) is 1. The molecule has 1 amide bonds. The van der Waals surface area contributed by atoms with E-state index < -0.39 is 0 Å². The average molecular weight is 290 g/mol. The molecule has 21 heavy (non-hydrogen) atoms. The standard InChI is InChI=1S/C17H26N2O2/c1-4-9-18-11-14-10-13(2)5-8-16(14)21-12-17(20)19(3)15-6-7-15/h5,8,10,15,18H,4,6-7,9,11-12H2,1-3H3. The molecule has 1 aromatic rings. The zero-order chi connectivity index (χ0) is 15.2. The summed E-state index contributed by atoms with van der Waals surface area (Å²) in [5, 5.41) is 3.38. The van der Waals surface area contributed by atoms with Crippen LogP contribution in [0.5, 0.6) is 5.75 Å². The molecule has 0 saturated heterocycles. The van der Waals surface area contributed by atoms with Crippen molar-refractivity contribution in [2.75, 3.05) is 20.2 Å². The number of benzene rings is 1. The van der Waals surface area contributed by atoms with Crippen molar-refractivity contribution < 1.29 is 9.53 Å². The molecule has 2 rings (SSSR count). The predicted molar refractivity (Wildman–Crippen MR) is 84.5 cm³/mol. The Balaban J connectivity index is 1.92. The maximum absolute atomic E-state index is 12.0. The van der Waals surface area contributed by atoms with Crippen LogP contribution in [0.3, 0.4) is 0 Å². The van der Waals surface area contributed by atoms with Gasteiger partial charge in [-0.15, -0.1) is 0 Å². The zero-order valence-electron chi connectivity index (χ0n) is 13.3. The van der Waals surface area contributed by atoms with Crippen LogP contribution in [0.4, 0.5) is 0 Å². The van der Waals surface area contributed by atoms with Crippen molar-refractivity contribution in [1.29, 1.82) is 0 Å². The monoisotopic (exact) mass is 290 g/mol. The van der Waals surface area contributed by atoms with Crippen LogP contribution < -0.4 is 10.1 Å². The number of hydrogen-bond acceptors (Lipinski definition) is 3. The molecule has 1 aliphatic rings. The van der Waals surface area contributed by atoms with Gasteiger partial charge in [0.25, 0.3) is 5.91 Å². The highest BCUT2D eigenvalue weighted by Crippen LogP contribution is 2.26. The van der Waals surface area contributed by atoms with E-state index in [4.69, 9.17) is 4.74 Å². The smallest absolute Gasteiger partial charge is 0.260 e. The third-order valence-corrected chi connectivity index (χ3v) is 3.80. The Kier molecular flexibility index (Phi) is 5.62. The van der Waals surface area contributed by atoms with Gasteiger partial charge in [-0.1, -0.05) is 24.6 Å². The van der Waals surface area contributed by atoms with E-state index in [1.807, 2.05) is 24.1 Å². The minimum atomic E-state index is 0.0607. The van der Waals surface area contributed by atoms with E-state index in [1.54, 1.807) is 0 Å². The number of rotatable bonds is 8. The molecule has 0 aromatic heterocycles. The normalized spacial score (nSPS) is 14.0. The van der Waals surface area contributed by atoms with Gasteiger partial charge in [0.2, 0.25) is 0 Å². The topological polar surface area (TPSA) is 41.6 Å². The van der Waals surface area contributed by atoms with Crippen LogP contribution in [0.1, 0.15) is 37.3 Å². The minimum Gasteiger partial charge on any atom is -0.483 e. The molecule has 1 aliphatic carbocycles. The van der Waals surface area contributed by atoms with Crippen LogP contribution in [0, 0.1) is 6.92 Å². The van der Waals surface area contributed by atoms with Gasteiger partial charge in [-0.3, -0.25) is 4.79 Å². The van der Waals surface area contributed by atoms with Crippen molar-refractivity contribution in [3.63, 3.8) is 0 Å². The van der Waals surface area contributed by atoms with Crippen molar-refractivity contribution in [3.05, 3.63) is 29.3 Å². The van der Waals surface area contributed by atoms with E-state index in [0.717, 1.165) is 43.7 Å². The number of aryl methyl sites for hydroxylation is 1. The molecule has 0 aliphatic heterocycles. The molecule has 116 valence electrons. The van der Waals surface area contributed by atoms with Crippen LogP contribution in [-0.4, -0.2) is 37.0 Å². The molecule has 4 nitrogen and oxygen atoms in total. The molecule has 1 aromatic carbocycles. The second-order valence-electron chi connectivity index (χ2n) is 5.81. The summed E-state index contributed by atoms with van der Waals surface area (Å²) >= 11 is 0. The Hall–Kier alpha value is -1.55. The highest BCUT2D eigenvalue weighted by Gasteiger charge is 2.29. The van der Waals surface area contributed by atoms with E-state index in [0.29, 0.717) is 6.04 Å². The second-order valence-corrected chi connectivity index (χ2v) is 5.81. The summed E-state index contributed by atoms with van der Waals surface area (Å²) in [5.74, 6) is 0.868. The zero-order valence-corrected chi connectivity index (χ0v) is 13.3. The summed E-state index contributed by atoms with van der Waals surface area (Å²) in [6, 6.07) is 6.54. The molecule has 1 fully saturated rings. The van der Waals surface area contributed by atoms with Gasteiger partial charge in [0.15, 0.2) is 6.61 Å². The van der Waals surface area contributed by atoms with Gasteiger partial charge in [0.05, 0.1) is 0 Å². The fraction of sp³-hybridized carbons (Fsp3) is 0.588. The number of nitrogens with zero attached hydrogens (tertiary/aromatic N) is 1. The Morgan fingerprint density at radius 1 is 1.43 bits per heavy atom. The average Bonchev–Trinajstić information content (AvgIpc) is 3.30. The number of likely N-dealkylation sites (N-methyl/N-ethyl adjacent to an activating group) is 1. The quantitative estimate of drug-likeness (QED) is 0.748. The summed E-state index contributed by atoms with van der Waals surface area (Å²) in [7, 11) is 1.86. The van der Waals surface area contributed by atoms with E-state index in [9.17, 15) is 4.79 Å². The molecule has 1 saturated carbocycles. The Labute approximate surface area is 127 Å². The molecule has 0 spiro atoms. The molecule has 0 bridgehead atoms. The van der Waals surface area contributed by atoms with Gasteiger partial charge in [0.1, 0.15) is 5.75 Å². The SMILES string of the molecule is CCCNCc1cc(C)ccc1OCC(=O)N(C)C1CC1. The van der Waals surface area contributed by atoms with Crippen LogP contribution >= 0.6 is 0 Å². The van der Waals surface area contributed by atoms with Gasteiger partial charge in [0, 0.05) is 25.2 Å². The number of hydrogen-bond donors (Lipinski definition) is 1. The van der Waals surface area contributed by atoms with E-state index in [-0.39, 0.29) is 12.5 Å². The Bertz CT molecular complexity index is 484. The first-order valence-electron chi connectivity index (χ1n) is 7.80. The van der Waals surface area contributed by atoms with E-state index >= 15 is 0 Å². The first-order chi connectivity index (χ1) is 10.1. The molecule has 4 heteroatoms. The lowest BCUT2D eigenvalue weighted by molar-refractivity contribution is -0.132. The van der Waals surface area contributed by atoms with Crippen LogP contribution in [0.15, 0.2) is 18.2 Å². The van der Waals surface area contributed by atoms with E-state index in [1.165, 1.54) is 5.56 Å². The predicted octanol–water partition coefficient (Wildman–Crippen LogP) is 2.49. The summed E-state index contributed by atoms with van der Waals surface area (Å²) in [4.78, 5) is 13.8. The maximum atomic E-state index is 12.0. The van der Waals surface area contributed by atoms with Crippen molar-refractivity contribution in [1.82, 2.24) is 10.2 Å². The molecule has 0 radical (unpaired) electrons. The Morgan fingerprint density at radius 2 is 2.19 bits per heavy atom. The highest BCUT2D eigenvalue weighted by atomic mass is 16.5. The molecule has 0 atom stereocenters. The van der Waals surface area contributed by atoms with Crippen LogP contribution in [0.2, 0.25) is 0 Å². The second kappa shape index (κ2) is 7.46. The third-order valence-electron chi connectivity index (χ3n) is 3.80. The van der Waals surface area contributed by atoms with Crippen molar-refractivity contribution >= 4 is 5.91 Å². The van der Waals surface area contributed by atoms with Gasteiger partial charge in [-0.2, -0.15) is 0 Å². The largest absolute Gasteiger partial charge is 0.483 e. The molecule has 1 N–H and O–H groups in total. The lowest BCUT2D eigenvalue weighted by atomic mass is 10.1. The summed E-state index contributed by atoms with van der Waals surface area (Å²) < 4.78 is 5.75. The van der Waals surface area contributed by atoms with Crippen molar-refractivity contribution in [2.24, 2.45) is 0 Å². The Morgan fingerprint density at radius 3 is 2.86 bits per heavy atom. The molecular formula is C17H26N2O2. The number of carbonyl (C=O) groups is 1. The van der Waals surface area contributed by atoms with Gasteiger partial charge < -0.3 is 15.0 Å². The van der Waals surface area contributed by atoms with Gasteiger partial charge >= 0.3 is 0 Å². The lowest BCUT2D eigenvalue weighted by Gasteiger charge is -2.18. The lowest BCUT2D eigenvalue weighted by Crippen LogP contribution is -2.33. The number of carbonyl (C=O) groups excluding carboxylic acids is 1. The fourth-order valence-electron chi connectivity index (χ4n) is 2.29. The van der Waals surface area contributed by atoms with E-state index in [2.05, 4.69) is 25.2 Å². The highest BCUT2D eigenvalue weighted by molar-refractivity contribution is 5.78. The van der Waals surface area contributed by atoms with Crippen molar-refractivity contribution in [3.8, 4) is 5.75 Å². The molecule has 0 heterocycles. The maximum Gasteiger partial charge on any atom is 0.260 e. The van der Waals surface area contributed by atoms with Gasteiger partial charge in [-0.25, -0.2) is 0 Å². The fourth-order valence-corrected chi connectivity index (χ4v) is 2.29. The molecule has 0 unspecified atom stereocenters. The van der Waals surface area contributed by atoms with Gasteiger partial charge in [-0.05, 0) is 38.8 Å².